The van der Waals surface area contributed by atoms with Crippen molar-refractivity contribution >= 4 is 17.8 Å². The van der Waals surface area contributed by atoms with E-state index in [0.29, 0.717) is 17.8 Å². The van der Waals surface area contributed by atoms with E-state index in [1.807, 2.05) is 78.9 Å². The molecule has 1 fully saturated rings. The van der Waals surface area contributed by atoms with Gasteiger partial charge in [0.25, 0.3) is 0 Å². The molecule has 0 radical (unpaired) electrons. The molecule has 44 heavy (non-hydrogen) atoms. The van der Waals surface area contributed by atoms with Crippen molar-refractivity contribution in [1.82, 2.24) is 25.9 Å². The third-order valence-electron chi connectivity index (χ3n) is 8.40. The molecule has 1 aromatic heterocycles. The number of nitrogens with zero attached hydrogens (tertiary/aromatic N) is 1. The Morgan fingerprint density at radius 2 is 1.61 bits per heavy atom. The van der Waals surface area contributed by atoms with Crippen LogP contribution in [0.2, 0.25) is 0 Å². The van der Waals surface area contributed by atoms with Gasteiger partial charge in [0.15, 0.2) is 5.78 Å². The maximum atomic E-state index is 14.3. The molecule has 2 atom stereocenters. The van der Waals surface area contributed by atoms with Gasteiger partial charge in [-0.2, -0.15) is 0 Å². The van der Waals surface area contributed by atoms with Crippen LogP contribution in [-0.2, 0) is 38.3 Å². The number of hydrogen-bond donors (Lipinski definition) is 4. The number of Topliss-reactive ketones (excluding diaryl/α,β-unsaturated/α-hetero) is 1. The summed E-state index contributed by atoms with van der Waals surface area (Å²) in [6.07, 6.45) is 4.81. The minimum atomic E-state index is -1.36. The first kappa shape index (κ1) is 30.7. The van der Waals surface area contributed by atoms with Crippen LogP contribution in [0.4, 0.5) is 4.79 Å². The molecule has 0 saturated heterocycles. The zero-order valence-corrected chi connectivity index (χ0v) is 24.9. The van der Waals surface area contributed by atoms with Gasteiger partial charge in [0.05, 0.1) is 18.9 Å². The van der Waals surface area contributed by atoms with Crippen LogP contribution in [0.25, 0.3) is 0 Å². The second-order valence-corrected chi connectivity index (χ2v) is 11.5. The van der Waals surface area contributed by atoms with Gasteiger partial charge in [-0.25, -0.2) is 9.78 Å². The first-order valence-electron chi connectivity index (χ1n) is 15.0. The number of hydrogen-bond acceptors (Lipinski definition) is 6. The molecule has 5 rings (SSSR count). The molecule has 0 unspecified atom stereocenters. The quantitative estimate of drug-likeness (QED) is 0.122. The zero-order valence-electron chi connectivity index (χ0n) is 24.9. The van der Waals surface area contributed by atoms with E-state index in [4.69, 9.17) is 4.74 Å². The molecule has 2 amide bonds. The third kappa shape index (κ3) is 7.41. The highest BCUT2D eigenvalue weighted by molar-refractivity contribution is 6.03. The fourth-order valence-corrected chi connectivity index (χ4v) is 5.90. The van der Waals surface area contributed by atoms with Crippen LogP contribution in [0.3, 0.4) is 0 Å². The average molecular weight is 594 g/mol. The standard InChI is InChI=1S/C35H39N5O4/c1-26(39-33(43)44-23-27-12-5-2-6-13-27)40-35(21-30-22-36-25-38-30,29-16-9-4-10-17-29)31(41)20-32(42)37-24-34(18-11-19-34)28-14-7-3-8-15-28/h2-10,12-17,22,25-26,40H,11,18-21,23-24H2,1H3,(H,36,38)(H,37,42)(H,39,43)/t26-,35-/m1/s1. The topological polar surface area (TPSA) is 125 Å². The summed E-state index contributed by atoms with van der Waals surface area (Å²) < 4.78 is 5.41. The van der Waals surface area contributed by atoms with E-state index in [2.05, 4.69) is 38.1 Å². The number of aromatic nitrogens is 2. The molecule has 9 nitrogen and oxygen atoms in total. The lowest BCUT2D eigenvalue weighted by Crippen LogP contribution is -2.59. The van der Waals surface area contributed by atoms with Crippen molar-refractivity contribution in [3.63, 3.8) is 0 Å². The van der Waals surface area contributed by atoms with E-state index >= 15 is 0 Å². The van der Waals surface area contributed by atoms with Crippen molar-refractivity contribution in [2.24, 2.45) is 0 Å². The van der Waals surface area contributed by atoms with Gasteiger partial charge in [-0.05, 0) is 36.5 Å². The van der Waals surface area contributed by atoms with E-state index in [1.54, 1.807) is 19.4 Å². The Bertz CT molecular complexity index is 1510. The molecule has 0 spiro atoms. The van der Waals surface area contributed by atoms with Crippen LogP contribution < -0.4 is 16.0 Å². The first-order chi connectivity index (χ1) is 21.4. The number of rotatable bonds is 14. The van der Waals surface area contributed by atoms with E-state index in [1.165, 1.54) is 5.56 Å². The molecule has 1 aliphatic rings. The van der Waals surface area contributed by atoms with Gasteiger partial charge < -0.3 is 20.4 Å². The minimum Gasteiger partial charge on any atom is -0.445 e. The molecule has 4 aromatic rings. The average Bonchev–Trinajstić information content (AvgIpc) is 3.53. The Hall–Kier alpha value is -4.76. The number of amides is 2. The predicted molar refractivity (Wildman–Crippen MR) is 167 cm³/mol. The number of ether oxygens (including phenoxy) is 1. The highest BCUT2D eigenvalue weighted by Crippen LogP contribution is 2.43. The molecule has 3 aromatic carbocycles. The normalized spacial score (nSPS) is 15.7. The summed E-state index contributed by atoms with van der Waals surface area (Å²) in [5.74, 6) is -0.670. The lowest BCUT2D eigenvalue weighted by atomic mass is 9.64. The number of ketones is 1. The number of benzene rings is 3. The Morgan fingerprint density at radius 1 is 0.955 bits per heavy atom. The van der Waals surface area contributed by atoms with Crippen LogP contribution in [0.15, 0.2) is 104 Å². The number of H-pyrrole nitrogens is 1. The van der Waals surface area contributed by atoms with E-state index in [-0.39, 0.29) is 36.6 Å². The van der Waals surface area contributed by atoms with Crippen LogP contribution >= 0.6 is 0 Å². The summed E-state index contributed by atoms with van der Waals surface area (Å²) >= 11 is 0. The second kappa shape index (κ2) is 14.1. The highest BCUT2D eigenvalue weighted by Gasteiger charge is 2.43. The monoisotopic (exact) mass is 593 g/mol. The number of nitrogens with one attached hydrogen (secondary N) is 4. The number of carbonyl (C=O) groups excluding carboxylic acids is 3. The van der Waals surface area contributed by atoms with Crippen LogP contribution in [-0.4, -0.2) is 40.5 Å². The number of aromatic amines is 1. The summed E-state index contributed by atoms with van der Waals surface area (Å²) in [5, 5.41) is 9.20. The Balaban J connectivity index is 1.32. The van der Waals surface area contributed by atoms with E-state index in [0.717, 1.165) is 24.8 Å². The fraction of sp³-hybridized carbons (Fsp3) is 0.314. The van der Waals surface area contributed by atoms with Crippen molar-refractivity contribution in [1.29, 1.82) is 0 Å². The van der Waals surface area contributed by atoms with Crippen molar-refractivity contribution in [2.45, 2.75) is 62.8 Å². The van der Waals surface area contributed by atoms with Gasteiger partial charge in [0.1, 0.15) is 12.1 Å². The smallest absolute Gasteiger partial charge is 0.408 e. The predicted octanol–water partition coefficient (Wildman–Crippen LogP) is 4.91. The Labute approximate surface area is 257 Å². The minimum absolute atomic E-state index is 0.108. The Morgan fingerprint density at radius 3 is 2.23 bits per heavy atom. The summed E-state index contributed by atoms with van der Waals surface area (Å²) in [6.45, 7) is 2.32. The highest BCUT2D eigenvalue weighted by atomic mass is 16.5. The summed E-state index contributed by atoms with van der Waals surface area (Å²) in [4.78, 5) is 47.6. The van der Waals surface area contributed by atoms with Crippen molar-refractivity contribution in [3.8, 4) is 0 Å². The molecule has 1 heterocycles. The van der Waals surface area contributed by atoms with Crippen LogP contribution in [0.1, 0.15) is 55.0 Å². The van der Waals surface area contributed by atoms with Gasteiger partial charge in [-0.1, -0.05) is 97.4 Å². The second-order valence-electron chi connectivity index (χ2n) is 11.5. The maximum Gasteiger partial charge on any atom is 0.408 e. The Kier molecular flexibility index (Phi) is 9.86. The molecule has 4 N–H and O–H groups in total. The van der Waals surface area contributed by atoms with Crippen molar-refractivity contribution < 1.29 is 19.1 Å². The van der Waals surface area contributed by atoms with Crippen molar-refractivity contribution in [2.75, 3.05) is 6.54 Å². The largest absolute Gasteiger partial charge is 0.445 e. The zero-order chi connectivity index (χ0) is 30.8. The molecule has 1 saturated carbocycles. The van der Waals surface area contributed by atoms with E-state index in [9.17, 15) is 14.4 Å². The van der Waals surface area contributed by atoms with Gasteiger partial charge in [0.2, 0.25) is 5.91 Å². The number of alkyl carbamates (subject to hydrolysis) is 1. The van der Waals surface area contributed by atoms with Gasteiger partial charge >= 0.3 is 6.09 Å². The fourth-order valence-electron chi connectivity index (χ4n) is 5.90. The van der Waals surface area contributed by atoms with E-state index < -0.39 is 17.8 Å². The van der Waals surface area contributed by atoms with Gasteiger partial charge in [0, 0.05) is 30.3 Å². The number of imidazole rings is 1. The molecule has 0 aliphatic heterocycles. The van der Waals surface area contributed by atoms with Crippen LogP contribution in [0, 0.1) is 0 Å². The van der Waals surface area contributed by atoms with Crippen LogP contribution in [0.5, 0.6) is 0 Å². The van der Waals surface area contributed by atoms with Crippen molar-refractivity contribution in [3.05, 3.63) is 126 Å². The summed E-state index contributed by atoms with van der Waals surface area (Å²) in [6, 6.07) is 28.9. The molecule has 0 bridgehead atoms. The SMILES string of the molecule is C[C@H](NC(=O)OCc1ccccc1)N[C@@](Cc1cnc[nH]1)(C(=O)CC(=O)NCC1(c2ccccc2)CCC1)c1ccccc1. The first-order valence-corrected chi connectivity index (χ1v) is 15.0. The van der Waals surface area contributed by atoms with Gasteiger partial charge in [-0.15, -0.1) is 0 Å². The maximum absolute atomic E-state index is 14.3. The molecular weight excluding hydrogens is 554 g/mol. The lowest BCUT2D eigenvalue weighted by Gasteiger charge is -2.42. The van der Waals surface area contributed by atoms with Gasteiger partial charge in [-0.3, -0.25) is 14.9 Å². The number of carbonyl (C=O) groups is 3. The molecule has 9 heteroatoms. The summed E-state index contributed by atoms with van der Waals surface area (Å²) in [7, 11) is 0. The lowest BCUT2D eigenvalue weighted by molar-refractivity contribution is -0.132. The third-order valence-corrected chi connectivity index (χ3v) is 8.40. The summed E-state index contributed by atoms with van der Waals surface area (Å²) in [5.41, 5.74) is 1.97. The molecule has 1 aliphatic carbocycles. The molecular formula is C35H39N5O4. The molecule has 228 valence electrons.